The molecule has 0 saturated heterocycles. The van der Waals surface area contributed by atoms with Crippen molar-refractivity contribution in [1.29, 1.82) is 0 Å². The van der Waals surface area contributed by atoms with Gasteiger partial charge in [-0.3, -0.25) is 10.8 Å². The SMILES string of the molecule is Cc1ccc(F)c(C(NN)c2cncc(Br)c2)c1. The lowest BCUT2D eigenvalue weighted by Crippen LogP contribution is -2.29. The summed E-state index contributed by atoms with van der Waals surface area (Å²) in [4.78, 5) is 4.07. The summed E-state index contributed by atoms with van der Waals surface area (Å²) in [6.07, 6.45) is 3.33. The van der Waals surface area contributed by atoms with Gasteiger partial charge in [0.25, 0.3) is 0 Å². The maximum atomic E-state index is 13.9. The zero-order valence-corrected chi connectivity index (χ0v) is 11.4. The van der Waals surface area contributed by atoms with E-state index in [0.717, 1.165) is 15.6 Å². The number of hydrogen-bond donors (Lipinski definition) is 2. The van der Waals surface area contributed by atoms with E-state index in [-0.39, 0.29) is 5.82 Å². The van der Waals surface area contributed by atoms with Crippen molar-refractivity contribution >= 4 is 15.9 Å². The Hall–Kier alpha value is -1.30. The fraction of sp³-hybridized carbons (Fsp3) is 0.154. The van der Waals surface area contributed by atoms with E-state index < -0.39 is 6.04 Å². The number of hydrazine groups is 1. The molecule has 0 aliphatic carbocycles. The van der Waals surface area contributed by atoms with E-state index in [2.05, 4.69) is 26.3 Å². The third kappa shape index (κ3) is 2.75. The highest BCUT2D eigenvalue weighted by atomic mass is 79.9. The van der Waals surface area contributed by atoms with Crippen molar-refractivity contribution in [2.75, 3.05) is 0 Å². The number of benzene rings is 1. The fourth-order valence-corrected chi connectivity index (χ4v) is 2.22. The van der Waals surface area contributed by atoms with Gasteiger partial charge in [-0.2, -0.15) is 0 Å². The van der Waals surface area contributed by atoms with E-state index in [1.807, 2.05) is 13.0 Å². The topological polar surface area (TPSA) is 50.9 Å². The second kappa shape index (κ2) is 5.56. The van der Waals surface area contributed by atoms with Crippen molar-refractivity contribution in [3.05, 3.63) is 63.6 Å². The Morgan fingerprint density at radius 3 is 2.78 bits per heavy atom. The number of nitrogens with two attached hydrogens (primary N) is 1. The molecular formula is C13H13BrFN3. The summed E-state index contributed by atoms with van der Waals surface area (Å²) in [6, 6.07) is 6.39. The maximum Gasteiger partial charge on any atom is 0.128 e. The van der Waals surface area contributed by atoms with Crippen LogP contribution in [-0.2, 0) is 0 Å². The van der Waals surface area contributed by atoms with E-state index in [9.17, 15) is 4.39 Å². The number of nitrogens with zero attached hydrogens (tertiary/aromatic N) is 1. The van der Waals surface area contributed by atoms with Crippen LogP contribution in [0.3, 0.4) is 0 Å². The highest BCUT2D eigenvalue weighted by Gasteiger charge is 2.17. The molecule has 0 aliphatic rings. The van der Waals surface area contributed by atoms with Crippen LogP contribution in [0.15, 0.2) is 41.1 Å². The monoisotopic (exact) mass is 309 g/mol. The molecule has 1 heterocycles. The summed E-state index contributed by atoms with van der Waals surface area (Å²) in [5.74, 6) is 5.26. The highest BCUT2D eigenvalue weighted by Crippen LogP contribution is 2.25. The van der Waals surface area contributed by atoms with Crippen LogP contribution < -0.4 is 11.3 Å². The summed E-state index contributed by atoms with van der Waals surface area (Å²) in [5, 5.41) is 0. The summed E-state index contributed by atoms with van der Waals surface area (Å²) in [5.41, 5.74) is 4.92. The number of aromatic nitrogens is 1. The number of rotatable bonds is 3. The second-order valence-corrected chi connectivity index (χ2v) is 4.98. The molecule has 0 aliphatic heterocycles. The first kappa shape index (κ1) is 13.1. The fourth-order valence-electron chi connectivity index (χ4n) is 1.84. The molecule has 1 atom stereocenters. The molecule has 2 rings (SSSR count). The summed E-state index contributed by atoms with van der Waals surface area (Å²) >= 11 is 3.34. The normalized spacial score (nSPS) is 12.4. The molecule has 0 saturated carbocycles. The maximum absolute atomic E-state index is 13.9. The van der Waals surface area contributed by atoms with Gasteiger partial charge in [-0.15, -0.1) is 0 Å². The van der Waals surface area contributed by atoms with Crippen LogP contribution in [0.1, 0.15) is 22.7 Å². The first-order valence-corrected chi connectivity index (χ1v) is 6.23. The summed E-state index contributed by atoms with van der Waals surface area (Å²) < 4.78 is 14.7. The Morgan fingerprint density at radius 1 is 1.33 bits per heavy atom. The molecule has 0 radical (unpaired) electrons. The van der Waals surface area contributed by atoms with Crippen LogP contribution in [0.2, 0.25) is 0 Å². The molecule has 1 aromatic heterocycles. The number of hydrogen-bond acceptors (Lipinski definition) is 3. The largest absolute Gasteiger partial charge is 0.271 e. The molecule has 3 N–H and O–H groups in total. The average molecular weight is 310 g/mol. The van der Waals surface area contributed by atoms with E-state index >= 15 is 0 Å². The molecule has 0 spiro atoms. The molecule has 5 heteroatoms. The minimum Gasteiger partial charge on any atom is -0.271 e. The van der Waals surface area contributed by atoms with E-state index in [1.54, 1.807) is 24.5 Å². The van der Waals surface area contributed by atoms with Crippen molar-refractivity contribution in [1.82, 2.24) is 10.4 Å². The van der Waals surface area contributed by atoms with Crippen molar-refractivity contribution in [3.63, 3.8) is 0 Å². The van der Waals surface area contributed by atoms with Gasteiger partial charge >= 0.3 is 0 Å². The molecule has 1 aromatic carbocycles. The molecule has 0 fully saturated rings. The minimum absolute atomic E-state index is 0.288. The smallest absolute Gasteiger partial charge is 0.128 e. The molecule has 94 valence electrons. The van der Waals surface area contributed by atoms with Crippen molar-refractivity contribution in [2.24, 2.45) is 5.84 Å². The van der Waals surface area contributed by atoms with Gasteiger partial charge in [-0.05, 0) is 40.5 Å². The second-order valence-electron chi connectivity index (χ2n) is 4.06. The van der Waals surface area contributed by atoms with Gasteiger partial charge in [-0.25, -0.2) is 9.82 Å². The zero-order valence-electron chi connectivity index (χ0n) is 9.82. The van der Waals surface area contributed by atoms with Crippen LogP contribution in [0, 0.1) is 12.7 Å². The molecule has 18 heavy (non-hydrogen) atoms. The van der Waals surface area contributed by atoms with Gasteiger partial charge in [0.2, 0.25) is 0 Å². The number of pyridine rings is 1. The summed E-state index contributed by atoms with van der Waals surface area (Å²) in [6.45, 7) is 1.91. The lowest BCUT2D eigenvalue weighted by atomic mass is 9.98. The Labute approximate surface area is 113 Å². The van der Waals surface area contributed by atoms with Crippen molar-refractivity contribution in [2.45, 2.75) is 13.0 Å². The molecule has 3 nitrogen and oxygen atoms in total. The van der Waals surface area contributed by atoms with E-state index in [4.69, 9.17) is 5.84 Å². The average Bonchev–Trinajstić information content (AvgIpc) is 2.35. The molecular weight excluding hydrogens is 297 g/mol. The Kier molecular flexibility index (Phi) is 4.06. The van der Waals surface area contributed by atoms with Gasteiger partial charge < -0.3 is 0 Å². The third-order valence-corrected chi connectivity index (χ3v) is 3.12. The predicted molar refractivity (Wildman–Crippen MR) is 72.2 cm³/mol. The van der Waals surface area contributed by atoms with Gasteiger partial charge in [0.05, 0.1) is 6.04 Å². The lowest BCUT2D eigenvalue weighted by Gasteiger charge is -2.18. The number of nitrogens with one attached hydrogen (secondary N) is 1. The Morgan fingerprint density at radius 2 is 2.11 bits per heavy atom. The zero-order chi connectivity index (χ0) is 13.1. The van der Waals surface area contributed by atoms with Gasteiger partial charge in [0, 0.05) is 22.4 Å². The minimum atomic E-state index is -0.421. The first-order valence-electron chi connectivity index (χ1n) is 5.44. The quantitative estimate of drug-likeness (QED) is 0.677. The third-order valence-electron chi connectivity index (χ3n) is 2.69. The molecule has 0 bridgehead atoms. The van der Waals surface area contributed by atoms with Crippen molar-refractivity contribution in [3.8, 4) is 0 Å². The van der Waals surface area contributed by atoms with Crippen LogP contribution in [-0.4, -0.2) is 4.98 Å². The Balaban J connectivity index is 2.48. The number of aryl methyl sites for hydroxylation is 1. The van der Waals surface area contributed by atoms with Crippen molar-refractivity contribution < 1.29 is 4.39 Å². The first-order chi connectivity index (χ1) is 8.61. The molecule has 1 unspecified atom stereocenters. The van der Waals surface area contributed by atoms with Crippen LogP contribution >= 0.6 is 15.9 Å². The standard InChI is InChI=1S/C13H13BrFN3/c1-8-2-3-12(15)11(4-8)13(18-16)9-5-10(14)7-17-6-9/h2-7,13,18H,16H2,1H3. The van der Waals surface area contributed by atoms with Crippen LogP contribution in [0.25, 0.3) is 0 Å². The van der Waals surface area contributed by atoms with Gasteiger partial charge in [0.1, 0.15) is 5.82 Å². The van der Waals surface area contributed by atoms with Crippen LogP contribution in [0.4, 0.5) is 4.39 Å². The molecule has 0 amide bonds. The van der Waals surface area contributed by atoms with Gasteiger partial charge in [-0.1, -0.05) is 17.7 Å². The highest BCUT2D eigenvalue weighted by molar-refractivity contribution is 9.10. The van der Waals surface area contributed by atoms with E-state index in [1.165, 1.54) is 6.07 Å². The predicted octanol–water partition coefficient (Wildman–Crippen LogP) is 2.84. The van der Waals surface area contributed by atoms with E-state index in [0.29, 0.717) is 5.56 Å². The number of halogens is 2. The van der Waals surface area contributed by atoms with Crippen LogP contribution in [0.5, 0.6) is 0 Å². The molecule has 2 aromatic rings. The Bertz CT molecular complexity index is 560. The van der Waals surface area contributed by atoms with Gasteiger partial charge in [0.15, 0.2) is 0 Å². The summed E-state index contributed by atoms with van der Waals surface area (Å²) in [7, 11) is 0. The lowest BCUT2D eigenvalue weighted by molar-refractivity contribution is 0.558.